The van der Waals surface area contributed by atoms with Gasteiger partial charge in [-0.15, -0.1) is 0 Å². The maximum absolute atomic E-state index is 9.55. The maximum atomic E-state index is 9.55. The van der Waals surface area contributed by atoms with Crippen LogP contribution in [0.2, 0.25) is 0 Å². The zero-order valence-corrected chi connectivity index (χ0v) is 12.1. The average Bonchev–Trinajstić information content (AvgIpc) is 1.83. The quantitative estimate of drug-likeness (QED) is 0.488. The van der Waals surface area contributed by atoms with Crippen molar-refractivity contribution in [3.05, 3.63) is 0 Å². The molecule has 0 bridgehead atoms. The molecule has 2 unspecified atom stereocenters. The van der Waals surface area contributed by atoms with Crippen molar-refractivity contribution in [1.29, 1.82) is 0 Å². The third-order valence-electron chi connectivity index (χ3n) is 0.915. The molecule has 0 aliphatic carbocycles. The minimum atomic E-state index is -4.68. The topological polar surface area (TPSA) is 167 Å². The molecule has 0 aliphatic heterocycles. The fourth-order valence-electron chi connectivity index (χ4n) is 0. The van der Waals surface area contributed by atoms with E-state index in [4.69, 9.17) is 10.2 Å². The molecule has 0 amide bonds. The summed E-state index contributed by atoms with van der Waals surface area (Å²) in [6.45, 7) is 1.83. The van der Waals surface area contributed by atoms with Crippen LogP contribution in [0.25, 0.3) is 0 Å². The van der Waals surface area contributed by atoms with Crippen LogP contribution in [-0.4, -0.2) is 21.9 Å². The first-order valence-electron chi connectivity index (χ1n) is 3.28. The molecule has 0 rings (SSSR count). The SMILES string of the molecule is CC(O)P(=O)([O-])[O-].CC(O)P(=O)([O-])[O-].[Zr+4]. The van der Waals surface area contributed by atoms with E-state index in [9.17, 15) is 28.7 Å². The van der Waals surface area contributed by atoms with Crippen molar-refractivity contribution in [3.8, 4) is 0 Å². The van der Waals surface area contributed by atoms with Gasteiger partial charge in [0, 0.05) is 0 Å². The fraction of sp³-hybridized carbons (Fsp3) is 1.00. The summed E-state index contributed by atoms with van der Waals surface area (Å²) in [5.74, 6) is -3.51. The number of hydrogen-bond acceptors (Lipinski definition) is 8. The number of aliphatic hydroxyl groups excluding tert-OH is 2. The molecule has 88 valence electrons. The molecule has 0 radical (unpaired) electrons. The van der Waals surface area contributed by atoms with Crippen molar-refractivity contribution in [2.45, 2.75) is 25.5 Å². The molecule has 0 aromatic rings. The molecule has 0 fully saturated rings. The molecule has 0 aromatic carbocycles. The summed E-state index contributed by atoms with van der Waals surface area (Å²) in [6, 6.07) is 0. The molecule has 0 heterocycles. The molecule has 2 N–H and O–H groups in total. The van der Waals surface area contributed by atoms with Gasteiger partial charge in [-0.1, -0.05) is 0 Å². The second kappa shape index (κ2) is 8.23. The van der Waals surface area contributed by atoms with Crippen molar-refractivity contribution in [2.24, 2.45) is 0 Å². The molecule has 0 saturated heterocycles. The first kappa shape index (κ1) is 21.4. The van der Waals surface area contributed by atoms with Gasteiger partial charge in [0.15, 0.2) is 0 Å². The van der Waals surface area contributed by atoms with Crippen LogP contribution in [0.1, 0.15) is 13.8 Å². The van der Waals surface area contributed by atoms with Crippen LogP contribution < -0.4 is 19.6 Å². The van der Waals surface area contributed by atoms with Gasteiger partial charge in [-0.2, -0.15) is 0 Å². The van der Waals surface area contributed by atoms with Crippen LogP contribution in [0.3, 0.4) is 0 Å². The van der Waals surface area contributed by atoms with E-state index in [1.807, 2.05) is 0 Å². The van der Waals surface area contributed by atoms with Gasteiger partial charge < -0.3 is 38.9 Å². The van der Waals surface area contributed by atoms with Gasteiger partial charge in [0.05, 0.1) is 11.7 Å². The Bertz CT molecular complexity index is 215. The van der Waals surface area contributed by atoms with Crippen LogP contribution in [-0.2, 0) is 35.3 Å². The second-order valence-electron chi connectivity index (χ2n) is 2.34. The minimum absolute atomic E-state index is 0. The van der Waals surface area contributed by atoms with Gasteiger partial charge in [0.2, 0.25) is 0 Å². The predicted molar refractivity (Wildman–Crippen MR) is 38.6 cm³/mol. The number of rotatable bonds is 2. The Morgan fingerprint density at radius 3 is 0.933 bits per heavy atom. The van der Waals surface area contributed by atoms with Crippen LogP contribution in [0, 0.1) is 0 Å². The van der Waals surface area contributed by atoms with Crippen molar-refractivity contribution >= 4 is 15.2 Å². The van der Waals surface area contributed by atoms with Crippen molar-refractivity contribution in [2.75, 3.05) is 0 Å². The van der Waals surface area contributed by atoms with Crippen molar-refractivity contribution in [3.63, 3.8) is 0 Å². The zero-order chi connectivity index (χ0) is 12.2. The Hall–Kier alpha value is 1.10. The third kappa shape index (κ3) is 15.1. The van der Waals surface area contributed by atoms with E-state index in [-0.39, 0.29) is 26.2 Å². The van der Waals surface area contributed by atoms with Gasteiger partial charge in [0.1, 0.15) is 0 Å². The Kier molecular flexibility index (Phi) is 11.7. The average molecular weight is 339 g/mol. The van der Waals surface area contributed by atoms with Crippen molar-refractivity contribution < 1.29 is 65.1 Å². The summed E-state index contributed by atoms with van der Waals surface area (Å²) < 4.78 is 19.1. The van der Waals surface area contributed by atoms with Gasteiger partial charge >= 0.3 is 26.2 Å². The van der Waals surface area contributed by atoms with Crippen LogP contribution >= 0.6 is 15.2 Å². The molecular weight excluding hydrogens is 329 g/mol. The van der Waals surface area contributed by atoms with Crippen LogP contribution in [0.4, 0.5) is 0 Å². The van der Waals surface area contributed by atoms with E-state index in [2.05, 4.69) is 0 Å². The molecule has 0 aromatic heterocycles. The smallest absolute Gasteiger partial charge is 0.809 e. The molecule has 11 heteroatoms. The third-order valence-corrected chi connectivity index (χ3v) is 2.75. The van der Waals surface area contributed by atoms with Gasteiger partial charge in [0.25, 0.3) is 0 Å². The standard InChI is InChI=1S/2C2H7O4P.Zr/c2*1-2(3)7(4,5)6;/h2*2-3H,1H3,(H2,4,5,6);/q;;+4/p-4. The zero-order valence-electron chi connectivity index (χ0n) is 7.89. The molecule has 15 heavy (non-hydrogen) atoms. The van der Waals surface area contributed by atoms with E-state index in [0.717, 1.165) is 13.8 Å². The van der Waals surface area contributed by atoms with Crippen LogP contribution in [0.15, 0.2) is 0 Å². The Morgan fingerprint density at radius 1 is 0.867 bits per heavy atom. The number of hydrogen-bond donors (Lipinski definition) is 2. The van der Waals surface area contributed by atoms with Crippen LogP contribution in [0.5, 0.6) is 0 Å². The summed E-state index contributed by atoms with van der Waals surface area (Å²) in [5, 5.41) is 16.0. The van der Waals surface area contributed by atoms with E-state index in [1.54, 1.807) is 0 Å². The van der Waals surface area contributed by atoms with E-state index >= 15 is 0 Å². The molecule has 0 saturated carbocycles. The largest absolute Gasteiger partial charge is 4.00 e. The first-order valence-corrected chi connectivity index (χ1v) is 6.51. The Balaban J connectivity index is -0.000000180. The normalized spacial score (nSPS) is 15.5. The van der Waals surface area contributed by atoms with E-state index in [0.29, 0.717) is 0 Å². The number of aliphatic hydroxyl groups is 2. The first-order chi connectivity index (χ1) is 5.89. The Labute approximate surface area is 106 Å². The summed E-state index contributed by atoms with van der Waals surface area (Å²) in [5.41, 5.74) is 0. The van der Waals surface area contributed by atoms with Gasteiger partial charge in [-0.05, 0) is 29.0 Å². The maximum Gasteiger partial charge on any atom is 4.00 e. The van der Waals surface area contributed by atoms with Crippen molar-refractivity contribution in [1.82, 2.24) is 0 Å². The Morgan fingerprint density at radius 2 is 0.933 bits per heavy atom. The summed E-state index contributed by atoms with van der Waals surface area (Å²) >= 11 is 0. The summed E-state index contributed by atoms with van der Waals surface area (Å²) in [6.07, 6.45) is 0. The summed E-state index contributed by atoms with van der Waals surface area (Å²) in [4.78, 5) is 38.2. The van der Waals surface area contributed by atoms with Gasteiger partial charge in [-0.25, -0.2) is 0 Å². The minimum Gasteiger partial charge on any atom is -0.809 e. The second-order valence-corrected chi connectivity index (χ2v) is 6.00. The monoisotopic (exact) mass is 338 g/mol. The molecule has 0 aliphatic rings. The summed E-state index contributed by atoms with van der Waals surface area (Å²) in [7, 11) is -9.36. The van der Waals surface area contributed by atoms with E-state index in [1.165, 1.54) is 0 Å². The molecule has 8 nitrogen and oxygen atoms in total. The molecule has 0 spiro atoms. The predicted octanol–water partition coefficient (Wildman–Crippen LogP) is -3.53. The van der Waals surface area contributed by atoms with Gasteiger partial charge in [-0.3, -0.25) is 0 Å². The van der Waals surface area contributed by atoms with E-state index < -0.39 is 26.9 Å². The fourth-order valence-corrected chi connectivity index (χ4v) is 0. The molecule has 2 atom stereocenters. The molecular formula is C4H10O8P2Zr.